The monoisotopic (exact) mass is 375 g/mol. The molecule has 4 rings (SSSR count). The van der Waals surface area contributed by atoms with Crippen molar-refractivity contribution in [3.05, 3.63) is 71.3 Å². The molecule has 2 aromatic heterocycles. The van der Waals surface area contributed by atoms with Gasteiger partial charge >= 0.3 is 5.97 Å². The summed E-state index contributed by atoms with van der Waals surface area (Å²) in [6.45, 7) is 0. The van der Waals surface area contributed by atoms with Crippen molar-refractivity contribution < 1.29 is 14.7 Å². The molecule has 1 aliphatic rings. The van der Waals surface area contributed by atoms with Crippen LogP contribution in [-0.2, 0) is 17.6 Å². The maximum atomic E-state index is 11.1. The van der Waals surface area contributed by atoms with Crippen LogP contribution >= 0.6 is 0 Å². The number of anilines is 3. The number of nitrogens with zero attached hydrogens (tertiary/aromatic N) is 3. The van der Waals surface area contributed by atoms with Crippen molar-refractivity contribution in [1.82, 2.24) is 15.0 Å². The first-order chi connectivity index (χ1) is 13.6. The smallest absolute Gasteiger partial charge is 0.354 e. The first-order valence-corrected chi connectivity index (χ1v) is 8.73. The fourth-order valence-electron chi connectivity index (χ4n) is 3.53. The van der Waals surface area contributed by atoms with Crippen molar-refractivity contribution in [3.63, 3.8) is 0 Å². The van der Waals surface area contributed by atoms with E-state index in [1.54, 1.807) is 6.20 Å². The molecule has 0 radical (unpaired) electrons. The highest BCUT2D eigenvalue weighted by molar-refractivity contribution is 5.86. The molecule has 2 heterocycles. The van der Waals surface area contributed by atoms with Gasteiger partial charge in [0.1, 0.15) is 18.0 Å². The number of carbonyl (C=O) groups excluding carboxylic acids is 1. The Balaban J connectivity index is 1.55. The van der Waals surface area contributed by atoms with E-state index >= 15 is 0 Å². The summed E-state index contributed by atoms with van der Waals surface area (Å²) in [6.07, 6.45) is 5.22. The van der Waals surface area contributed by atoms with Gasteiger partial charge in [0.2, 0.25) is 6.41 Å². The van der Waals surface area contributed by atoms with Gasteiger partial charge in [-0.1, -0.05) is 12.1 Å². The second kappa shape index (κ2) is 7.43. The molecule has 0 bridgehead atoms. The number of aromatic nitrogens is 3. The van der Waals surface area contributed by atoms with E-state index in [1.165, 1.54) is 23.5 Å². The highest BCUT2D eigenvalue weighted by atomic mass is 16.4. The third kappa shape index (κ3) is 3.52. The minimum Gasteiger partial charge on any atom is -0.477 e. The molecule has 0 saturated carbocycles. The minimum atomic E-state index is -1.10. The number of fused-ring (bicyclic) bond motifs is 1. The lowest BCUT2D eigenvalue weighted by Gasteiger charge is -2.13. The minimum absolute atomic E-state index is 0.0643. The lowest BCUT2D eigenvalue weighted by Crippen LogP contribution is -2.06. The Morgan fingerprint density at radius 1 is 1.11 bits per heavy atom. The van der Waals surface area contributed by atoms with E-state index < -0.39 is 5.97 Å². The molecular weight excluding hydrogens is 358 g/mol. The van der Waals surface area contributed by atoms with Gasteiger partial charge in [-0.05, 0) is 53.6 Å². The number of carbonyl (C=O) groups is 2. The number of amides is 1. The molecule has 28 heavy (non-hydrogen) atoms. The van der Waals surface area contributed by atoms with Crippen LogP contribution in [0.25, 0.3) is 0 Å². The van der Waals surface area contributed by atoms with E-state index in [0.717, 1.165) is 24.1 Å². The summed E-state index contributed by atoms with van der Waals surface area (Å²) < 4.78 is 0. The molecule has 0 spiro atoms. The van der Waals surface area contributed by atoms with Crippen LogP contribution < -0.4 is 10.6 Å². The number of nitrogens with one attached hydrogen (secondary N) is 2. The number of benzene rings is 1. The van der Waals surface area contributed by atoms with E-state index in [1.807, 2.05) is 24.3 Å². The standard InChI is InChI=1S/C20H17N5O3/c26-11-24-19-16(2-1-5-21-19)14-6-12-3-4-15(8-13(12)7-14)25-18-9-17(20(27)28)22-10-23-18/h1-5,8-11,14H,6-7H2,(H,27,28)(H,21,24,26)(H,22,23,25). The summed E-state index contributed by atoms with van der Waals surface area (Å²) in [7, 11) is 0. The van der Waals surface area contributed by atoms with Crippen LogP contribution in [0.4, 0.5) is 17.3 Å². The Morgan fingerprint density at radius 3 is 2.79 bits per heavy atom. The van der Waals surface area contributed by atoms with Gasteiger partial charge in [-0.15, -0.1) is 0 Å². The molecule has 3 aromatic rings. The van der Waals surface area contributed by atoms with Gasteiger partial charge in [0.25, 0.3) is 0 Å². The van der Waals surface area contributed by atoms with E-state index in [2.05, 4.69) is 31.7 Å². The van der Waals surface area contributed by atoms with E-state index in [4.69, 9.17) is 5.11 Å². The van der Waals surface area contributed by atoms with Gasteiger partial charge in [0.05, 0.1) is 0 Å². The number of pyridine rings is 1. The van der Waals surface area contributed by atoms with Crippen LogP contribution in [-0.4, -0.2) is 32.4 Å². The number of rotatable bonds is 6. The Bertz CT molecular complexity index is 1050. The van der Waals surface area contributed by atoms with Gasteiger partial charge in [0.15, 0.2) is 5.69 Å². The molecule has 0 saturated heterocycles. The van der Waals surface area contributed by atoms with Gasteiger partial charge in [-0.3, -0.25) is 4.79 Å². The lowest BCUT2D eigenvalue weighted by molar-refractivity contribution is -0.105. The molecule has 1 atom stereocenters. The number of carboxylic acids is 1. The fourth-order valence-corrected chi connectivity index (χ4v) is 3.53. The Hall–Kier alpha value is -3.81. The molecule has 8 heteroatoms. The predicted molar refractivity (Wildman–Crippen MR) is 103 cm³/mol. The molecule has 0 fully saturated rings. The molecule has 1 aliphatic carbocycles. The third-order valence-corrected chi connectivity index (χ3v) is 4.77. The van der Waals surface area contributed by atoms with E-state index in [9.17, 15) is 9.59 Å². The summed E-state index contributed by atoms with van der Waals surface area (Å²) in [5, 5.41) is 14.9. The molecule has 140 valence electrons. The lowest BCUT2D eigenvalue weighted by atomic mass is 9.97. The van der Waals surface area contributed by atoms with Crippen LogP contribution in [0.1, 0.15) is 33.1 Å². The Kier molecular flexibility index (Phi) is 4.67. The van der Waals surface area contributed by atoms with Crippen molar-refractivity contribution in [2.75, 3.05) is 10.6 Å². The fraction of sp³-hybridized carbons (Fsp3) is 0.150. The number of carboxylic acid groups (broad SMARTS) is 1. The maximum Gasteiger partial charge on any atom is 0.354 e. The average molecular weight is 375 g/mol. The first-order valence-electron chi connectivity index (χ1n) is 8.73. The van der Waals surface area contributed by atoms with Crippen molar-refractivity contribution >= 4 is 29.7 Å². The summed E-state index contributed by atoms with van der Waals surface area (Å²) >= 11 is 0. The van der Waals surface area contributed by atoms with Gasteiger partial charge in [-0.2, -0.15) is 0 Å². The topological polar surface area (TPSA) is 117 Å². The van der Waals surface area contributed by atoms with Gasteiger partial charge < -0.3 is 15.7 Å². The molecular formula is C20H17N5O3. The first kappa shape index (κ1) is 17.6. The van der Waals surface area contributed by atoms with Gasteiger partial charge in [-0.25, -0.2) is 19.7 Å². The summed E-state index contributed by atoms with van der Waals surface area (Å²) in [5.41, 5.74) is 4.22. The van der Waals surface area contributed by atoms with E-state index in [-0.39, 0.29) is 11.6 Å². The molecule has 3 N–H and O–H groups in total. The average Bonchev–Trinajstić information content (AvgIpc) is 3.12. The Labute approximate surface area is 160 Å². The normalized spacial score (nSPS) is 14.9. The SMILES string of the molecule is O=CNc1ncccc1C1Cc2ccc(Nc3cc(C(=O)O)ncn3)cc2C1. The zero-order valence-electron chi connectivity index (χ0n) is 14.8. The Morgan fingerprint density at radius 2 is 1.96 bits per heavy atom. The number of hydrogen-bond donors (Lipinski definition) is 3. The molecule has 0 aliphatic heterocycles. The van der Waals surface area contributed by atoms with Crippen molar-refractivity contribution in [3.8, 4) is 0 Å². The highest BCUT2D eigenvalue weighted by Crippen LogP contribution is 2.37. The quantitative estimate of drug-likeness (QED) is 0.567. The van der Waals surface area contributed by atoms with Crippen LogP contribution in [0.5, 0.6) is 0 Å². The zero-order chi connectivity index (χ0) is 19.5. The number of aromatic carboxylic acids is 1. The van der Waals surface area contributed by atoms with Gasteiger partial charge in [0, 0.05) is 18.0 Å². The van der Waals surface area contributed by atoms with E-state index in [0.29, 0.717) is 18.0 Å². The maximum absolute atomic E-state index is 11.1. The van der Waals surface area contributed by atoms with Crippen LogP contribution in [0.15, 0.2) is 48.9 Å². The summed E-state index contributed by atoms with van der Waals surface area (Å²) in [4.78, 5) is 33.9. The van der Waals surface area contributed by atoms with Crippen molar-refractivity contribution in [1.29, 1.82) is 0 Å². The zero-order valence-corrected chi connectivity index (χ0v) is 14.8. The van der Waals surface area contributed by atoms with Crippen LogP contribution in [0, 0.1) is 0 Å². The summed E-state index contributed by atoms with van der Waals surface area (Å²) in [5.74, 6) is 0.153. The highest BCUT2D eigenvalue weighted by Gasteiger charge is 2.25. The number of hydrogen-bond acceptors (Lipinski definition) is 6. The second-order valence-corrected chi connectivity index (χ2v) is 6.51. The second-order valence-electron chi connectivity index (χ2n) is 6.51. The molecule has 1 amide bonds. The predicted octanol–water partition coefficient (Wildman–Crippen LogP) is 2.76. The van der Waals surface area contributed by atoms with Crippen LogP contribution in [0.3, 0.4) is 0 Å². The van der Waals surface area contributed by atoms with Crippen molar-refractivity contribution in [2.45, 2.75) is 18.8 Å². The van der Waals surface area contributed by atoms with Crippen molar-refractivity contribution in [2.24, 2.45) is 0 Å². The third-order valence-electron chi connectivity index (χ3n) is 4.77. The molecule has 1 aromatic carbocycles. The largest absolute Gasteiger partial charge is 0.477 e. The van der Waals surface area contributed by atoms with Crippen LogP contribution in [0.2, 0.25) is 0 Å². The summed E-state index contributed by atoms with van der Waals surface area (Å²) in [6, 6.07) is 11.3. The molecule has 1 unspecified atom stereocenters. The molecule has 8 nitrogen and oxygen atoms in total.